The van der Waals surface area contributed by atoms with Gasteiger partial charge in [0.05, 0.1) is 17.3 Å². The summed E-state index contributed by atoms with van der Waals surface area (Å²) in [6.07, 6.45) is 0. The van der Waals surface area contributed by atoms with Crippen molar-refractivity contribution in [3.8, 4) is 5.75 Å². The zero-order valence-electron chi connectivity index (χ0n) is 14.3. The molecule has 0 N–H and O–H groups in total. The molecule has 0 unspecified atom stereocenters. The second-order valence-electron chi connectivity index (χ2n) is 5.68. The molecule has 1 heterocycles. The largest absolute Gasteiger partial charge is 0.497 e. The number of thiazole rings is 1. The van der Waals surface area contributed by atoms with E-state index in [0.29, 0.717) is 5.56 Å². The van der Waals surface area contributed by atoms with Gasteiger partial charge in [-0.05, 0) is 68.3 Å². The maximum absolute atomic E-state index is 12.5. The summed E-state index contributed by atoms with van der Waals surface area (Å²) >= 11 is 1.55. The molecule has 4 nitrogen and oxygen atoms in total. The van der Waals surface area contributed by atoms with Crippen LogP contribution in [0.15, 0.2) is 41.4 Å². The molecule has 1 aromatic heterocycles. The number of hydrogen-bond donors (Lipinski definition) is 0. The van der Waals surface area contributed by atoms with Crippen LogP contribution in [0.4, 0.5) is 0 Å². The molecule has 124 valence electrons. The maximum atomic E-state index is 12.5. The Morgan fingerprint density at radius 3 is 2.46 bits per heavy atom. The molecule has 3 rings (SSSR count). The summed E-state index contributed by atoms with van der Waals surface area (Å²) in [7, 11) is 1.60. The van der Waals surface area contributed by atoms with E-state index in [1.807, 2.05) is 0 Å². The number of aryl methyl sites for hydroxylation is 3. The van der Waals surface area contributed by atoms with Gasteiger partial charge < -0.3 is 9.30 Å². The van der Waals surface area contributed by atoms with Crippen molar-refractivity contribution in [3.05, 3.63) is 57.9 Å². The van der Waals surface area contributed by atoms with E-state index in [1.165, 1.54) is 11.1 Å². The third-order valence-corrected chi connectivity index (χ3v) is 5.19. The number of rotatable bonds is 3. The van der Waals surface area contributed by atoms with Gasteiger partial charge in [0.25, 0.3) is 5.91 Å². The van der Waals surface area contributed by atoms with E-state index in [0.717, 1.165) is 27.3 Å². The Hall–Kier alpha value is -2.40. The molecule has 0 aliphatic heterocycles. The Balaban J connectivity index is 2.09. The molecule has 0 radical (unpaired) electrons. The molecule has 0 saturated carbocycles. The van der Waals surface area contributed by atoms with Gasteiger partial charge in [0.1, 0.15) is 5.75 Å². The van der Waals surface area contributed by atoms with Gasteiger partial charge in [0, 0.05) is 12.1 Å². The maximum Gasteiger partial charge on any atom is 0.279 e. The molecule has 1 amide bonds. The normalized spacial score (nSPS) is 11.9. The van der Waals surface area contributed by atoms with Crippen LogP contribution in [0.2, 0.25) is 0 Å². The number of hydrogen-bond acceptors (Lipinski definition) is 3. The van der Waals surface area contributed by atoms with Crippen molar-refractivity contribution in [2.45, 2.75) is 27.3 Å². The lowest BCUT2D eigenvalue weighted by molar-refractivity contribution is 0.0998. The van der Waals surface area contributed by atoms with Crippen LogP contribution < -0.4 is 9.54 Å². The van der Waals surface area contributed by atoms with Crippen LogP contribution in [-0.2, 0) is 6.54 Å². The van der Waals surface area contributed by atoms with Crippen LogP contribution in [-0.4, -0.2) is 17.6 Å². The second-order valence-corrected chi connectivity index (χ2v) is 6.69. The van der Waals surface area contributed by atoms with E-state index in [2.05, 4.69) is 42.5 Å². The fourth-order valence-corrected chi connectivity index (χ4v) is 3.77. The number of carbonyl (C=O) groups is 1. The highest BCUT2D eigenvalue weighted by Crippen LogP contribution is 2.22. The fraction of sp³-hybridized carbons (Fsp3) is 0.263. The van der Waals surface area contributed by atoms with Gasteiger partial charge in [-0.15, -0.1) is 0 Å². The molecule has 0 aliphatic rings. The summed E-state index contributed by atoms with van der Waals surface area (Å²) in [6.45, 7) is 7.05. The molecule has 3 aromatic rings. The van der Waals surface area contributed by atoms with Crippen LogP contribution in [0.1, 0.15) is 28.4 Å². The average molecular weight is 340 g/mol. The third kappa shape index (κ3) is 2.99. The Bertz CT molecular complexity index is 965. The highest BCUT2D eigenvalue weighted by molar-refractivity contribution is 7.16. The van der Waals surface area contributed by atoms with Gasteiger partial charge in [0.2, 0.25) is 0 Å². The highest BCUT2D eigenvalue weighted by Gasteiger charge is 2.10. The number of nitrogens with zero attached hydrogens (tertiary/aromatic N) is 2. The Labute approximate surface area is 145 Å². The zero-order chi connectivity index (χ0) is 17.3. The minimum absolute atomic E-state index is 0.236. The standard InChI is InChI=1S/C19H20N2O2S/c1-5-21-16-10-12(2)13(3)11-17(16)24-19(21)20-18(22)14-6-8-15(23-4)9-7-14/h6-11H,5H2,1-4H3. The number of benzene rings is 2. The predicted octanol–water partition coefficient (Wildman–Crippen LogP) is 4.09. The second kappa shape index (κ2) is 6.61. The fourth-order valence-electron chi connectivity index (χ4n) is 2.60. The number of ether oxygens (including phenoxy) is 1. The van der Waals surface area contributed by atoms with Gasteiger partial charge in [-0.2, -0.15) is 4.99 Å². The molecule has 0 saturated heterocycles. The summed E-state index contributed by atoms with van der Waals surface area (Å²) in [6, 6.07) is 11.4. The smallest absolute Gasteiger partial charge is 0.279 e. The summed E-state index contributed by atoms with van der Waals surface area (Å²) in [5.41, 5.74) is 4.19. The van der Waals surface area contributed by atoms with Gasteiger partial charge in [-0.1, -0.05) is 11.3 Å². The van der Waals surface area contributed by atoms with Gasteiger partial charge >= 0.3 is 0 Å². The van der Waals surface area contributed by atoms with Crippen molar-refractivity contribution in [1.29, 1.82) is 0 Å². The molecule has 0 bridgehead atoms. The Kier molecular flexibility index (Phi) is 4.53. The molecular formula is C19H20N2O2S. The zero-order valence-corrected chi connectivity index (χ0v) is 15.1. The molecular weight excluding hydrogens is 320 g/mol. The van der Waals surface area contributed by atoms with Gasteiger partial charge in [-0.25, -0.2) is 0 Å². The van der Waals surface area contributed by atoms with Crippen molar-refractivity contribution < 1.29 is 9.53 Å². The van der Waals surface area contributed by atoms with E-state index in [4.69, 9.17) is 4.74 Å². The van der Waals surface area contributed by atoms with Gasteiger partial charge in [0.15, 0.2) is 4.80 Å². The lowest BCUT2D eigenvalue weighted by Crippen LogP contribution is -2.15. The molecule has 0 fully saturated rings. The molecule has 0 atom stereocenters. The van der Waals surface area contributed by atoms with Crippen LogP contribution in [0.3, 0.4) is 0 Å². The van der Waals surface area contributed by atoms with Crippen LogP contribution in [0.25, 0.3) is 10.2 Å². The first kappa shape index (κ1) is 16.5. The lowest BCUT2D eigenvalue weighted by Gasteiger charge is -2.03. The number of methoxy groups -OCH3 is 1. The first-order valence-corrected chi connectivity index (χ1v) is 8.69. The first-order chi connectivity index (χ1) is 11.5. The molecule has 5 heteroatoms. The molecule has 24 heavy (non-hydrogen) atoms. The quantitative estimate of drug-likeness (QED) is 0.721. The van der Waals surface area contributed by atoms with Crippen LogP contribution in [0, 0.1) is 13.8 Å². The number of aromatic nitrogens is 1. The molecule has 0 spiro atoms. The monoisotopic (exact) mass is 340 g/mol. The number of carbonyl (C=O) groups excluding carboxylic acids is 1. The van der Waals surface area contributed by atoms with E-state index in [9.17, 15) is 4.79 Å². The Morgan fingerprint density at radius 2 is 1.83 bits per heavy atom. The van der Waals surface area contributed by atoms with E-state index in [-0.39, 0.29) is 5.91 Å². The topological polar surface area (TPSA) is 43.6 Å². The van der Waals surface area contributed by atoms with Crippen molar-refractivity contribution in [2.75, 3.05) is 7.11 Å². The van der Waals surface area contributed by atoms with E-state index in [1.54, 1.807) is 42.7 Å². The summed E-state index contributed by atoms with van der Waals surface area (Å²) in [4.78, 5) is 17.6. The van der Waals surface area contributed by atoms with Crippen molar-refractivity contribution in [3.63, 3.8) is 0 Å². The lowest BCUT2D eigenvalue weighted by atomic mass is 10.1. The van der Waals surface area contributed by atoms with Crippen molar-refractivity contribution in [1.82, 2.24) is 4.57 Å². The van der Waals surface area contributed by atoms with Crippen molar-refractivity contribution >= 4 is 27.5 Å². The SMILES string of the molecule is CCn1c(=NC(=O)c2ccc(OC)cc2)sc2cc(C)c(C)cc21. The van der Waals surface area contributed by atoms with E-state index < -0.39 is 0 Å². The first-order valence-electron chi connectivity index (χ1n) is 7.87. The summed E-state index contributed by atoms with van der Waals surface area (Å²) in [5.74, 6) is 0.489. The van der Waals surface area contributed by atoms with Crippen LogP contribution in [0.5, 0.6) is 5.75 Å². The highest BCUT2D eigenvalue weighted by atomic mass is 32.1. The van der Waals surface area contributed by atoms with Crippen LogP contribution >= 0.6 is 11.3 Å². The predicted molar refractivity (Wildman–Crippen MR) is 97.9 cm³/mol. The minimum Gasteiger partial charge on any atom is -0.497 e. The van der Waals surface area contributed by atoms with E-state index >= 15 is 0 Å². The number of fused-ring (bicyclic) bond motifs is 1. The average Bonchev–Trinajstić information content (AvgIpc) is 2.91. The minimum atomic E-state index is -0.236. The Morgan fingerprint density at radius 1 is 1.17 bits per heavy atom. The third-order valence-electron chi connectivity index (χ3n) is 4.15. The summed E-state index contributed by atoms with van der Waals surface area (Å²) in [5, 5.41) is 0. The number of amides is 1. The van der Waals surface area contributed by atoms with Crippen molar-refractivity contribution in [2.24, 2.45) is 4.99 Å². The van der Waals surface area contributed by atoms with Gasteiger partial charge in [-0.3, -0.25) is 4.79 Å². The molecule has 2 aromatic carbocycles. The molecule has 0 aliphatic carbocycles. The summed E-state index contributed by atoms with van der Waals surface area (Å²) < 4.78 is 8.37.